The number of rotatable bonds is 4. The van der Waals surface area contributed by atoms with E-state index in [1.807, 2.05) is 0 Å². The molecule has 1 aliphatic heterocycles. The average molecular weight is 201 g/mol. The molecule has 1 heterocycles. The third kappa shape index (κ3) is 3.96. The lowest BCUT2D eigenvalue weighted by Gasteiger charge is -2.37. The molecule has 1 fully saturated rings. The second kappa shape index (κ2) is 5.45. The van der Waals surface area contributed by atoms with Crippen molar-refractivity contribution < 1.29 is 9.22 Å². The molecule has 0 aromatic rings. The molecule has 74 valence electrons. The summed E-state index contributed by atoms with van der Waals surface area (Å²) in [6.45, 7) is 6.03. The van der Waals surface area contributed by atoms with Crippen LogP contribution in [-0.4, -0.2) is 56.1 Å². The minimum absolute atomic E-state index is 0.818. The summed E-state index contributed by atoms with van der Waals surface area (Å²) in [5.41, 5.74) is 0. The molecular formula is C9H17N2OS+. The molecule has 13 heavy (non-hydrogen) atoms. The summed E-state index contributed by atoms with van der Waals surface area (Å²) in [5.74, 6) is 0. The van der Waals surface area contributed by atoms with E-state index in [0.29, 0.717) is 0 Å². The van der Waals surface area contributed by atoms with E-state index in [1.165, 1.54) is 6.54 Å². The smallest absolute Gasteiger partial charge is 0.102 e. The minimum Gasteiger partial charge on any atom is -0.370 e. The second-order valence-electron chi connectivity index (χ2n) is 3.73. The molecule has 0 aromatic heterocycles. The van der Waals surface area contributed by atoms with Crippen molar-refractivity contribution in [3.63, 3.8) is 0 Å². The van der Waals surface area contributed by atoms with Crippen molar-refractivity contribution in [2.45, 2.75) is 6.42 Å². The minimum atomic E-state index is 0.818. The van der Waals surface area contributed by atoms with Gasteiger partial charge >= 0.3 is 0 Å². The molecule has 0 aromatic carbocycles. The number of hydrogen-bond acceptors (Lipinski definition) is 3. The molecule has 0 unspecified atom stereocenters. The lowest BCUT2D eigenvalue weighted by molar-refractivity contribution is -0.916. The number of isothiocyanates is 1. The Hall–Kier alpha value is -0.280. The molecule has 0 aliphatic carbocycles. The van der Waals surface area contributed by atoms with E-state index < -0.39 is 0 Å². The number of thiocarbonyl (C=S) groups is 1. The number of likely N-dealkylation sites (N-methyl/N-ethyl adjacent to an activating group) is 1. The molecule has 0 atom stereocenters. The Morgan fingerprint density at radius 1 is 1.46 bits per heavy atom. The van der Waals surface area contributed by atoms with Gasteiger partial charge in [0.15, 0.2) is 0 Å². The van der Waals surface area contributed by atoms with Gasteiger partial charge in [-0.2, -0.15) is 0 Å². The van der Waals surface area contributed by atoms with Crippen molar-refractivity contribution in [2.75, 3.05) is 46.4 Å². The Kier molecular flexibility index (Phi) is 4.53. The van der Waals surface area contributed by atoms with Crippen LogP contribution in [0.25, 0.3) is 0 Å². The normalized spacial score (nSPS) is 20.7. The molecule has 1 aliphatic rings. The lowest BCUT2D eigenvalue weighted by Crippen LogP contribution is -2.52. The number of ether oxygens (including phenoxy) is 1. The Labute approximate surface area is 85.0 Å². The van der Waals surface area contributed by atoms with Crippen molar-refractivity contribution >= 4 is 17.4 Å². The van der Waals surface area contributed by atoms with Crippen LogP contribution in [0.2, 0.25) is 0 Å². The fourth-order valence-corrected chi connectivity index (χ4v) is 1.68. The third-order valence-corrected chi connectivity index (χ3v) is 2.71. The van der Waals surface area contributed by atoms with Crippen LogP contribution in [-0.2, 0) is 4.74 Å². The van der Waals surface area contributed by atoms with Gasteiger partial charge in [-0.1, -0.05) is 0 Å². The van der Waals surface area contributed by atoms with Crippen LogP contribution in [0.4, 0.5) is 0 Å². The zero-order valence-electron chi connectivity index (χ0n) is 8.16. The van der Waals surface area contributed by atoms with Crippen LogP contribution >= 0.6 is 12.2 Å². The fourth-order valence-electron chi connectivity index (χ4n) is 1.58. The molecule has 4 heteroatoms. The Balaban J connectivity index is 2.20. The maximum absolute atomic E-state index is 5.32. The molecule has 0 amide bonds. The van der Waals surface area contributed by atoms with Crippen molar-refractivity contribution in [1.29, 1.82) is 0 Å². The van der Waals surface area contributed by atoms with Crippen molar-refractivity contribution in [3.05, 3.63) is 0 Å². The molecule has 1 rings (SSSR count). The molecule has 0 bridgehead atoms. The fraction of sp³-hybridized carbons (Fsp3) is 0.889. The van der Waals surface area contributed by atoms with Gasteiger partial charge in [0.25, 0.3) is 0 Å². The molecule has 0 N–H and O–H groups in total. The molecule has 0 saturated carbocycles. The van der Waals surface area contributed by atoms with Gasteiger partial charge in [0.05, 0.1) is 38.5 Å². The van der Waals surface area contributed by atoms with Crippen LogP contribution in [0.15, 0.2) is 4.99 Å². The first-order valence-corrected chi connectivity index (χ1v) is 5.13. The highest BCUT2D eigenvalue weighted by Gasteiger charge is 2.23. The zero-order chi connectivity index (χ0) is 9.57. The summed E-state index contributed by atoms with van der Waals surface area (Å²) >= 11 is 4.51. The summed E-state index contributed by atoms with van der Waals surface area (Å²) in [4.78, 5) is 3.91. The summed E-state index contributed by atoms with van der Waals surface area (Å²) in [6.07, 6.45) is 1.10. The maximum Gasteiger partial charge on any atom is 0.102 e. The first kappa shape index (κ1) is 10.8. The van der Waals surface area contributed by atoms with Crippen molar-refractivity contribution in [3.8, 4) is 0 Å². The van der Waals surface area contributed by atoms with Gasteiger partial charge in [-0.3, -0.25) is 0 Å². The van der Waals surface area contributed by atoms with Gasteiger partial charge in [0.1, 0.15) is 13.1 Å². The van der Waals surface area contributed by atoms with E-state index in [1.54, 1.807) is 0 Å². The third-order valence-electron chi connectivity index (χ3n) is 2.58. The van der Waals surface area contributed by atoms with E-state index >= 15 is 0 Å². The van der Waals surface area contributed by atoms with Crippen LogP contribution in [0, 0.1) is 0 Å². The predicted octanol–water partition coefficient (Wildman–Crippen LogP) is 0.956. The number of hydrogen-bond donors (Lipinski definition) is 0. The topological polar surface area (TPSA) is 21.6 Å². The lowest BCUT2D eigenvalue weighted by atomic mass is 10.3. The highest BCUT2D eigenvalue weighted by molar-refractivity contribution is 7.78. The van der Waals surface area contributed by atoms with Gasteiger partial charge in [-0.05, 0) is 12.2 Å². The highest BCUT2D eigenvalue weighted by Crippen LogP contribution is 2.08. The first-order chi connectivity index (χ1) is 6.27. The van der Waals surface area contributed by atoms with Crippen LogP contribution in [0.5, 0.6) is 0 Å². The molecular weight excluding hydrogens is 184 g/mol. The van der Waals surface area contributed by atoms with Crippen molar-refractivity contribution in [2.24, 2.45) is 4.99 Å². The molecule has 3 nitrogen and oxygen atoms in total. The standard InChI is InChI=1S/C9H17N2OS/c1-11(4-2-3-10-9-13)5-7-12-8-6-11/h2-8H2,1H3/q+1. The van der Waals surface area contributed by atoms with Crippen molar-refractivity contribution in [1.82, 2.24) is 0 Å². The number of quaternary nitrogens is 1. The summed E-state index contributed by atoms with van der Waals surface area (Å²) in [6, 6.07) is 0. The van der Waals surface area contributed by atoms with Crippen LogP contribution < -0.4 is 0 Å². The summed E-state index contributed by atoms with van der Waals surface area (Å²) < 4.78 is 6.44. The van der Waals surface area contributed by atoms with Crippen LogP contribution in [0.3, 0.4) is 0 Å². The van der Waals surface area contributed by atoms with E-state index in [0.717, 1.165) is 43.8 Å². The van der Waals surface area contributed by atoms with E-state index in [9.17, 15) is 0 Å². The Bertz CT molecular complexity index is 196. The number of nitrogens with zero attached hydrogens (tertiary/aromatic N) is 2. The van der Waals surface area contributed by atoms with Gasteiger partial charge in [0, 0.05) is 6.42 Å². The monoisotopic (exact) mass is 201 g/mol. The maximum atomic E-state index is 5.32. The van der Waals surface area contributed by atoms with Gasteiger partial charge in [-0.25, -0.2) is 4.99 Å². The Morgan fingerprint density at radius 2 is 2.15 bits per heavy atom. The summed E-state index contributed by atoms with van der Waals surface area (Å²) in [7, 11) is 2.28. The molecule has 0 spiro atoms. The van der Waals surface area contributed by atoms with Gasteiger partial charge < -0.3 is 9.22 Å². The van der Waals surface area contributed by atoms with E-state index in [2.05, 4.69) is 29.4 Å². The molecule has 1 saturated heterocycles. The zero-order valence-corrected chi connectivity index (χ0v) is 8.98. The average Bonchev–Trinajstić information content (AvgIpc) is 2.14. The predicted molar refractivity (Wildman–Crippen MR) is 56.1 cm³/mol. The summed E-state index contributed by atoms with van der Waals surface area (Å²) in [5, 5.41) is 2.39. The quantitative estimate of drug-likeness (QED) is 0.292. The highest BCUT2D eigenvalue weighted by atomic mass is 32.1. The van der Waals surface area contributed by atoms with Gasteiger partial charge in [0.2, 0.25) is 0 Å². The largest absolute Gasteiger partial charge is 0.370 e. The van der Waals surface area contributed by atoms with Gasteiger partial charge in [-0.15, -0.1) is 0 Å². The number of morpholine rings is 1. The first-order valence-electron chi connectivity index (χ1n) is 4.72. The Morgan fingerprint density at radius 3 is 2.77 bits per heavy atom. The molecule has 0 radical (unpaired) electrons. The van der Waals surface area contributed by atoms with E-state index in [-0.39, 0.29) is 0 Å². The van der Waals surface area contributed by atoms with E-state index in [4.69, 9.17) is 4.74 Å². The number of aliphatic imine (C=N–C) groups is 1. The second-order valence-corrected chi connectivity index (χ2v) is 3.91. The SMILES string of the molecule is C[N+]1(CCCN=C=S)CCOCC1. The van der Waals surface area contributed by atoms with Crippen LogP contribution in [0.1, 0.15) is 6.42 Å².